The van der Waals surface area contributed by atoms with E-state index < -0.39 is 0 Å². The number of nitrogens with one attached hydrogen (secondary N) is 1. The minimum atomic E-state index is -0.273. The van der Waals surface area contributed by atoms with E-state index in [2.05, 4.69) is 19.2 Å². The third kappa shape index (κ3) is 2.92. The van der Waals surface area contributed by atoms with Crippen LogP contribution in [0.3, 0.4) is 0 Å². The van der Waals surface area contributed by atoms with Gasteiger partial charge < -0.3 is 16.0 Å². The fourth-order valence-corrected chi connectivity index (χ4v) is 3.19. The maximum absolute atomic E-state index is 11.0. The first-order valence-electron chi connectivity index (χ1n) is 6.79. The number of nitrogens with two attached hydrogens (primary N) is 1. The molecule has 1 heterocycles. The highest BCUT2D eigenvalue weighted by molar-refractivity contribution is 5.72. The van der Waals surface area contributed by atoms with Crippen molar-refractivity contribution in [2.45, 2.75) is 58.0 Å². The zero-order valence-electron chi connectivity index (χ0n) is 11.0. The summed E-state index contributed by atoms with van der Waals surface area (Å²) in [6.07, 6.45) is 6.03. The quantitative estimate of drug-likeness (QED) is 0.770. The molecule has 0 aromatic rings. The second kappa shape index (κ2) is 4.84. The Kier molecular flexibility index (Phi) is 3.61. The van der Waals surface area contributed by atoms with Gasteiger partial charge in [-0.3, -0.25) is 0 Å². The first-order chi connectivity index (χ1) is 7.99. The lowest BCUT2D eigenvalue weighted by Gasteiger charge is -2.36. The number of primary amides is 1. The van der Waals surface area contributed by atoms with E-state index in [9.17, 15) is 4.79 Å². The summed E-state index contributed by atoms with van der Waals surface area (Å²) in [5.41, 5.74) is 5.72. The maximum Gasteiger partial charge on any atom is 0.314 e. The molecule has 2 rings (SSSR count). The summed E-state index contributed by atoms with van der Waals surface area (Å²) in [5, 5.41) is 3.79. The summed E-state index contributed by atoms with van der Waals surface area (Å²) in [7, 11) is 0. The zero-order valence-corrected chi connectivity index (χ0v) is 11.0. The Labute approximate surface area is 104 Å². The van der Waals surface area contributed by atoms with Crippen molar-refractivity contribution in [1.29, 1.82) is 0 Å². The van der Waals surface area contributed by atoms with E-state index in [-0.39, 0.29) is 6.03 Å². The van der Waals surface area contributed by atoms with Gasteiger partial charge in [-0.2, -0.15) is 0 Å². The molecule has 4 heteroatoms. The molecule has 0 spiro atoms. The van der Waals surface area contributed by atoms with Crippen molar-refractivity contribution >= 4 is 6.03 Å². The molecule has 4 nitrogen and oxygen atoms in total. The fraction of sp³-hybridized carbons (Fsp3) is 0.923. The highest BCUT2D eigenvalue weighted by Crippen LogP contribution is 2.37. The minimum absolute atomic E-state index is 0.273. The van der Waals surface area contributed by atoms with Crippen LogP contribution in [-0.4, -0.2) is 36.1 Å². The third-order valence-corrected chi connectivity index (χ3v) is 4.50. The average molecular weight is 239 g/mol. The van der Waals surface area contributed by atoms with Crippen LogP contribution in [0.15, 0.2) is 0 Å². The van der Waals surface area contributed by atoms with Crippen LogP contribution >= 0.6 is 0 Å². The molecule has 1 saturated carbocycles. The second-order valence-electron chi connectivity index (χ2n) is 6.20. The molecule has 1 unspecified atom stereocenters. The van der Waals surface area contributed by atoms with Crippen molar-refractivity contribution in [3.8, 4) is 0 Å². The van der Waals surface area contributed by atoms with Gasteiger partial charge in [-0.1, -0.05) is 20.3 Å². The van der Waals surface area contributed by atoms with Crippen LogP contribution in [-0.2, 0) is 0 Å². The molecular weight excluding hydrogens is 214 g/mol. The lowest BCUT2D eigenvalue weighted by atomic mass is 9.86. The number of hydrogen-bond donors (Lipinski definition) is 2. The van der Waals surface area contributed by atoms with Crippen LogP contribution < -0.4 is 11.1 Å². The van der Waals surface area contributed by atoms with Crippen LogP contribution in [0.5, 0.6) is 0 Å². The Bertz CT molecular complexity index is 282. The van der Waals surface area contributed by atoms with Crippen LogP contribution in [0.25, 0.3) is 0 Å². The molecule has 2 amide bonds. The molecule has 0 aromatic carbocycles. The summed E-state index contributed by atoms with van der Waals surface area (Å²) in [6.45, 7) is 6.33. The summed E-state index contributed by atoms with van der Waals surface area (Å²) in [4.78, 5) is 12.8. The molecule has 0 bridgehead atoms. The van der Waals surface area contributed by atoms with Crippen molar-refractivity contribution in [1.82, 2.24) is 10.2 Å². The van der Waals surface area contributed by atoms with Gasteiger partial charge in [0, 0.05) is 25.2 Å². The number of piperidine rings is 1. The molecular formula is C13H25N3O. The molecule has 98 valence electrons. The SMILES string of the molecule is CC1(C)CCCC1NC1CCN(C(N)=O)CC1. The summed E-state index contributed by atoms with van der Waals surface area (Å²) in [6, 6.07) is 0.935. The summed E-state index contributed by atoms with van der Waals surface area (Å²) in [5.74, 6) is 0. The van der Waals surface area contributed by atoms with Gasteiger partial charge in [0.2, 0.25) is 0 Å². The maximum atomic E-state index is 11.0. The lowest BCUT2D eigenvalue weighted by Crippen LogP contribution is -2.51. The van der Waals surface area contributed by atoms with Gasteiger partial charge in [0.1, 0.15) is 0 Å². The van der Waals surface area contributed by atoms with Gasteiger partial charge in [-0.15, -0.1) is 0 Å². The van der Waals surface area contributed by atoms with E-state index in [0.29, 0.717) is 17.5 Å². The Morgan fingerprint density at radius 1 is 1.29 bits per heavy atom. The van der Waals surface area contributed by atoms with Crippen molar-refractivity contribution in [3.63, 3.8) is 0 Å². The molecule has 0 aromatic heterocycles. The average Bonchev–Trinajstić information content (AvgIpc) is 2.59. The number of carbonyl (C=O) groups is 1. The Hall–Kier alpha value is -0.770. The molecule has 2 aliphatic rings. The van der Waals surface area contributed by atoms with Gasteiger partial charge in [-0.05, 0) is 31.1 Å². The van der Waals surface area contributed by atoms with Crippen LogP contribution in [0, 0.1) is 5.41 Å². The molecule has 17 heavy (non-hydrogen) atoms. The Morgan fingerprint density at radius 3 is 2.41 bits per heavy atom. The van der Waals surface area contributed by atoms with Crippen molar-refractivity contribution < 1.29 is 4.79 Å². The Morgan fingerprint density at radius 2 is 1.94 bits per heavy atom. The normalized spacial score (nSPS) is 29.5. The van der Waals surface area contributed by atoms with Crippen LogP contribution in [0.1, 0.15) is 46.0 Å². The van der Waals surface area contributed by atoms with E-state index in [4.69, 9.17) is 5.73 Å². The molecule has 1 atom stereocenters. The number of carbonyl (C=O) groups excluding carboxylic acids is 1. The number of likely N-dealkylation sites (tertiary alicyclic amines) is 1. The van der Waals surface area contributed by atoms with E-state index in [1.165, 1.54) is 19.3 Å². The van der Waals surface area contributed by atoms with Crippen molar-refractivity contribution in [2.75, 3.05) is 13.1 Å². The molecule has 1 aliphatic heterocycles. The largest absolute Gasteiger partial charge is 0.351 e. The highest BCUT2D eigenvalue weighted by Gasteiger charge is 2.36. The third-order valence-electron chi connectivity index (χ3n) is 4.50. The molecule has 2 fully saturated rings. The number of amides is 2. The Balaban J connectivity index is 1.80. The van der Waals surface area contributed by atoms with Gasteiger partial charge in [0.05, 0.1) is 0 Å². The topological polar surface area (TPSA) is 58.4 Å². The first-order valence-corrected chi connectivity index (χ1v) is 6.79. The summed E-state index contributed by atoms with van der Waals surface area (Å²) < 4.78 is 0. The van der Waals surface area contributed by atoms with Crippen LogP contribution in [0.4, 0.5) is 4.79 Å². The van der Waals surface area contributed by atoms with Crippen molar-refractivity contribution in [3.05, 3.63) is 0 Å². The predicted molar refractivity (Wildman–Crippen MR) is 68.7 cm³/mol. The molecule has 1 aliphatic carbocycles. The highest BCUT2D eigenvalue weighted by atomic mass is 16.2. The fourth-order valence-electron chi connectivity index (χ4n) is 3.19. The van der Waals surface area contributed by atoms with E-state index >= 15 is 0 Å². The molecule has 0 radical (unpaired) electrons. The zero-order chi connectivity index (χ0) is 12.5. The van der Waals surface area contributed by atoms with E-state index in [1.807, 2.05) is 0 Å². The number of hydrogen-bond acceptors (Lipinski definition) is 2. The van der Waals surface area contributed by atoms with Gasteiger partial charge in [0.15, 0.2) is 0 Å². The standard InChI is InChI=1S/C13H25N3O/c1-13(2)7-3-4-11(13)15-10-5-8-16(9-6-10)12(14)17/h10-11,15H,3-9H2,1-2H3,(H2,14,17). The van der Waals surface area contributed by atoms with Gasteiger partial charge in [0.25, 0.3) is 0 Å². The smallest absolute Gasteiger partial charge is 0.314 e. The second-order valence-corrected chi connectivity index (χ2v) is 6.20. The lowest BCUT2D eigenvalue weighted by molar-refractivity contribution is 0.172. The number of urea groups is 1. The monoisotopic (exact) mass is 239 g/mol. The number of nitrogens with zero attached hydrogens (tertiary/aromatic N) is 1. The van der Waals surface area contributed by atoms with Gasteiger partial charge >= 0.3 is 6.03 Å². The first kappa shape index (κ1) is 12.7. The van der Waals surface area contributed by atoms with Crippen molar-refractivity contribution in [2.24, 2.45) is 11.1 Å². The van der Waals surface area contributed by atoms with Gasteiger partial charge in [-0.25, -0.2) is 4.79 Å². The van der Waals surface area contributed by atoms with E-state index in [1.54, 1.807) is 4.90 Å². The predicted octanol–water partition coefficient (Wildman–Crippen LogP) is 1.70. The van der Waals surface area contributed by atoms with E-state index in [0.717, 1.165) is 25.9 Å². The number of rotatable bonds is 2. The minimum Gasteiger partial charge on any atom is -0.351 e. The molecule has 3 N–H and O–H groups in total. The molecule has 1 saturated heterocycles. The summed E-state index contributed by atoms with van der Waals surface area (Å²) >= 11 is 0. The van der Waals surface area contributed by atoms with Crippen LogP contribution in [0.2, 0.25) is 0 Å².